The number of carboxylic acids is 1. The van der Waals surface area contributed by atoms with E-state index in [-0.39, 0.29) is 11.3 Å². The first-order valence-corrected chi connectivity index (χ1v) is 6.22. The first-order chi connectivity index (χ1) is 7.34. The maximum absolute atomic E-state index is 11.6. The highest BCUT2D eigenvalue weighted by molar-refractivity contribution is 5.78. The summed E-state index contributed by atoms with van der Waals surface area (Å²) in [5.74, 6) is -0.680. The fourth-order valence-corrected chi connectivity index (χ4v) is 3.02. The van der Waals surface area contributed by atoms with Crippen LogP contribution in [-0.4, -0.2) is 23.3 Å². The zero-order valence-corrected chi connectivity index (χ0v) is 10.9. The highest BCUT2D eigenvalue weighted by Gasteiger charge is 2.52. The van der Waals surface area contributed by atoms with E-state index in [1.54, 1.807) is 0 Å². The first-order valence-electron chi connectivity index (χ1n) is 6.22. The van der Waals surface area contributed by atoms with E-state index in [0.29, 0.717) is 13.0 Å². The van der Waals surface area contributed by atoms with Crippen molar-refractivity contribution in [2.45, 2.75) is 59.0 Å². The van der Waals surface area contributed by atoms with Crippen LogP contribution in [0.2, 0.25) is 0 Å². The number of aliphatic carboxylic acids is 1. The average molecular weight is 228 g/mol. The number of ether oxygens (including phenoxy) is 1. The van der Waals surface area contributed by atoms with Gasteiger partial charge in [-0.3, -0.25) is 0 Å². The van der Waals surface area contributed by atoms with E-state index in [4.69, 9.17) is 4.74 Å². The first kappa shape index (κ1) is 13.5. The molecule has 0 aromatic heterocycles. The zero-order chi connectivity index (χ0) is 12.4. The van der Waals surface area contributed by atoms with Gasteiger partial charge in [0, 0.05) is 12.5 Å². The van der Waals surface area contributed by atoms with Crippen LogP contribution in [0.25, 0.3) is 0 Å². The molecule has 1 saturated carbocycles. The summed E-state index contributed by atoms with van der Waals surface area (Å²) in [7, 11) is 0. The number of hydrogen-bond acceptors (Lipinski definition) is 2. The lowest BCUT2D eigenvalue weighted by molar-refractivity contribution is -0.188. The number of carboxylic acid groups (broad SMARTS) is 1. The lowest BCUT2D eigenvalue weighted by atomic mass is 9.63. The number of carbonyl (C=O) groups is 1. The Hall–Kier alpha value is -0.570. The van der Waals surface area contributed by atoms with Crippen molar-refractivity contribution in [2.24, 2.45) is 11.3 Å². The predicted molar refractivity (Wildman–Crippen MR) is 63.4 cm³/mol. The minimum Gasteiger partial charge on any atom is -0.479 e. The monoisotopic (exact) mass is 228 g/mol. The predicted octanol–water partition coefficient (Wildman–Crippen LogP) is 3.08. The third-order valence-electron chi connectivity index (χ3n) is 3.66. The van der Waals surface area contributed by atoms with E-state index < -0.39 is 11.6 Å². The third-order valence-corrected chi connectivity index (χ3v) is 3.66. The van der Waals surface area contributed by atoms with Crippen molar-refractivity contribution in [3.63, 3.8) is 0 Å². The fraction of sp³-hybridized carbons (Fsp3) is 0.923. The van der Waals surface area contributed by atoms with Crippen LogP contribution in [0, 0.1) is 11.3 Å². The Morgan fingerprint density at radius 3 is 2.50 bits per heavy atom. The fourth-order valence-electron chi connectivity index (χ4n) is 3.02. The van der Waals surface area contributed by atoms with E-state index in [0.717, 1.165) is 19.3 Å². The molecular formula is C13H24O3. The molecule has 16 heavy (non-hydrogen) atoms. The minimum atomic E-state index is -0.953. The Kier molecular flexibility index (Phi) is 4.00. The Morgan fingerprint density at radius 1 is 1.44 bits per heavy atom. The molecule has 0 aromatic carbocycles. The van der Waals surface area contributed by atoms with Crippen LogP contribution in [-0.2, 0) is 9.53 Å². The highest BCUT2D eigenvalue weighted by atomic mass is 16.5. The van der Waals surface area contributed by atoms with Crippen molar-refractivity contribution in [2.75, 3.05) is 6.61 Å². The van der Waals surface area contributed by atoms with Crippen LogP contribution in [0.4, 0.5) is 0 Å². The second-order valence-corrected chi connectivity index (χ2v) is 5.79. The van der Waals surface area contributed by atoms with Gasteiger partial charge in [0.2, 0.25) is 0 Å². The standard InChI is InChI=1S/C13H24O3/c1-5-16-13(11(14)15)9-7-6-8-10(13)12(2,3)4/h10H,5-9H2,1-4H3,(H,14,15). The molecule has 0 aliphatic heterocycles. The summed E-state index contributed by atoms with van der Waals surface area (Å²) >= 11 is 0. The normalized spacial score (nSPS) is 31.4. The maximum Gasteiger partial charge on any atom is 0.336 e. The molecule has 3 heteroatoms. The van der Waals surface area contributed by atoms with Gasteiger partial charge in [-0.2, -0.15) is 0 Å². The van der Waals surface area contributed by atoms with Gasteiger partial charge in [-0.15, -0.1) is 0 Å². The molecule has 1 aliphatic carbocycles. The van der Waals surface area contributed by atoms with Gasteiger partial charge in [0.25, 0.3) is 0 Å². The van der Waals surface area contributed by atoms with Crippen LogP contribution in [0.15, 0.2) is 0 Å². The average Bonchev–Trinajstić information content (AvgIpc) is 2.17. The van der Waals surface area contributed by atoms with Gasteiger partial charge >= 0.3 is 5.97 Å². The van der Waals surface area contributed by atoms with Crippen molar-refractivity contribution in [3.05, 3.63) is 0 Å². The quantitative estimate of drug-likeness (QED) is 0.807. The Balaban J connectivity index is 3.05. The maximum atomic E-state index is 11.6. The van der Waals surface area contributed by atoms with Gasteiger partial charge in [-0.25, -0.2) is 4.79 Å². The largest absolute Gasteiger partial charge is 0.479 e. The molecule has 0 saturated heterocycles. The van der Waals surface area contributed by atoms with Gasteiger partial charge in [0.05, 0.1) is 0 Å². The molecule has 0 aromatic rings. The second-order valence-electron chi connectivity index (χ2n) is 5.79. The summed E-state index contributed by atoms with van der Waals surface area (Å²) in [4.78, 5) is 11.6. The molecular weight excluding hydrogens is 204 g/mol. The molecule has 0 bridgehead atoms. The van der Waals surface area contributed by atoms with Gasteiger partial charge in [0.1, 0.15) is 0 Å². The molecule has 0 radical (unpaired) electrons. The molecule has 0 heterocycles. The van der Waals surface area contributed by atoms with Crippen molar-refractivity contribution >= 4 is 5.97 Å². The van der Waals surface area contributed by atoms with E-state index >= 15 is 0 Å². The molecule has 2 atom stereocenters. The topological polar surface area (TPSA) is 46.5 Å². The van der Waals surface area contributed by atoms with Crippen molar-refractivity contribution in [3.8, 4) is 0 Å². The van der Waals surface area contributed by atoms with Crippen LogP contribution in [0.5, 0.6) is 0 Å². The van der Waals surface area contributed by atoms with Crippen molar-refractivity contribution in [1.29, 1.82) is 0 Å². The molecule has 94 valence electrons. The molecule has 0 spiro atoms. The van der Waals surface area contributed by atoms with Gasteiger partial charge in [0.15, 0.2) is 5.60 Å². The minimum absolute atomic E-state index is 0.0199. The third kappa shape index (κ3) is 2.40. The summed E-state index contributed by atoms with van der Waals surface area (Å²) in [5.41, 5.74) is -0.973. The number of hydrogen-bond donors (Lipinski definition) is 1. The van der Waals surface area contributed by atoms with Crippen LogP contribution >= 0.6 is 0 Å². The van der Waals surface area contributed by atoms with Crippen LogP contribution in [0.1, 0.15) is 53.4 Å². The van der Waals surface area contributed by atoms with Crippen molar-refractivity contribution < 1.29 is 14.6 Å². The van der Waals surface area contributed by atoms with Gasteiger partial charge in [-0.05, 0) is 31.6 Å². The summed E-state index contributed by atoms with van der Waals surface area (Å²) in [5, 5.41) is 9.53. The lowest BCUT2D eigenvalue weighted by Gasteiger charge is -2.46. The Labute approximate surface area is 98.2 Å². The molecule has 1 N–H and O–H groups in total. The number of rotatable bonds is 3. The van der Waals surface area contributed by atoms with E-state index in [1.165, 1.54) is 0 Å². The van der Waals surface area contributed by atoms with E-state index in [2.05, 4.69) is 20.8 Å². The van der Waals surface area contributed by atoms with Gasteiger partial charge < -0.3 is 9.84 Å². The van der Waals surface area contributed by atoms with Crippen molar-refractivity contribution in [1.82, 2.24) is 0 Å². The Bertz CT molecular complexity index is 250. The lowest BCUT2D eigenvalue weighted by Crippen LogP contribution is -2.54. The summed E-state index contributed by atoms with van der Waals surface area (Å²) < 4.78 is 5.67. The molecule has 0 amide bonds. The summed E-state index contributed by atoms with van der Waals surface area (Å²) in [6.45, 7) is 8.68. The highest BCUT2D eigenvalue weighted by Crippen LogP contribution is 2.46. The van der Waals surface area contributed by atoms with E-state index in [1.807, 2.05) is 6.92 Å². The zero-order valence-electron chi connectivity index (χ0n) is 10.9. The Morgan fingerprint density at radius 2 is 2.06 bits per heavy atom. The smallest absolute Gasteiger partial charge is 0.336 e. The van der Waals surface area contributed by atoms with E-state index in [9.17, 15) is 9.90 Å². The summed E-state index contributed by atoms with van der Waals surface area (Å²) in [6, 6.07) is 0. The second kappa shape index (κ2) is 4.74. The molecule has 1 fully saturated rings. The molecule has 2 unspecified atom stereocenters. The summed E-state index contributed by atoms with van der Waals surface area (Å²) in [6.07, 6.45) is 3.68. The van der Waals surface area contributed by atoms with Gasteiger partial charge in [-0.1, -0.05) is 27.2 Å². The molecule has 1 aliphatic rings. The molecule has 3 nitrogen and oxygen atoms in total. The van der Waals surface area contributed by atoms with Crippen LogP contribution in [0.3, 0.4) is 0 Å². The SMILES string of the molecule is CCOC1(C(=O)O)CCCCC1C(C)(C)C. The van der Waals surface area contributed by atoms with Crippen LogP contribution < -0.4 is 0 Å². The molecule has 1 rings (SSSR count).